The van der Waals surface area contributed by atoms with Crippen molar-refractivity contribution in [3.63, 3.8) is 0 Å². The summed E-state index contributed by atoms with van der Waals surface area (Å²) in [5, 5.41) is 8.97. The number of likely N-dealkylation sites (N-methyl/N-ethyl adjacent to an activating group) is 1. The van der Waals surface area contributed by atoms with Gasteiger partial charge in [-0.25, -0.2) is 13.2 Å². The van der Waals surface area contributed by atoms with Gasteiger partial charge < -0.3 is 10.0 Å². The maximum atomic E-state index is 12.5. The first-order valence-corrected chi connectivity index (χ1v) is 8.52. The van der Waals surface area contributed by atoms with Crippen LogP contribution in [0, 0.1) is 0 Å². The van der Waals surface area contributed by atoms with Crippen LogP contribution >= 0.6 is 0 Å². The predicted octanol–water partition coefficient (Wildman–Crippen LogP) is 1.26. The molecule has 128 valence electrons. The number of carbonyl (C=O) groups excluding carboxylic acids is 1. The van der Waals surface area contributed by atoms with Gasteiger partial charge in [0.1, 0.15) is 6.04 Å². The molecule has 0 radical (unpaired) electrons. The van der Waals surface area contributed by atoms with Crippen molar-refractivity contribution in [1.29, 1.82) is 0 Å². The minimum atomic E-state index is -3.71. The van der Waals surface area contributed by atoms with Crippen LogP contribution in [-0.4, -0.2) is 60.8 Å². The number of carboxylic acid groups (broad SMARTS) is 1. The van der Waals surface area contributed by atoms with Gasteiger partial charge in [0.25, 0.3) is 5.91 Å². The molecule has 0 saturated heterocycles. The molecule has 1 rings (SSSR count). The molecule has 1 amide bonds. The van der Waals surface area contributed by atoms with Gasteiger partial charge in [-0.15, -0.1) is 0 Å². The van der Waals surface area contributed by atoms with E-state index in [1.54, 1.807) is 13.8 Å². The molecule has 0 fully saturated rings. The molecule has 1 aromatic rings. The Morgan fingerprint density at radius 1 is 1.13 bits per heavy atom. The third-order valence-electron chi connectivity index (χ3n) is 3.74. The van der Waals surface area contributed by atoms with Crippen LogP contribution < -0.4 is 0 Å². The van der Waals surface area contributed by atoms with Gasteiger partial charge in [-0.05, 0) is 39.0 Å². The molecule has 0 bridgehead atoms. The van der Waals surface area contributed by atoms with Gasteiger partial charge in [-0.3, -0.25) is 4.79 Å². The maximum Gasteiger partial charge on any atom is 0.326 e. The first-order chi connectivity index (χ1) is 10.5. The lowest BCUT2D eigenvalue weighted by Crippen LogP contribution is -2.40. The van der Waals surface area contributed by atoms with Crippen LogP contribution in [0.15, 0.2) is 29.2 Å². The molecule has 1 unspecified atom stereocenters. The predicted molar refractivity (Wildman–Crippen MR) is 85.7 cm³/mol. The summed E-state index contributed by atoms with van der Waals surface area (Å²) in [6.45, 7) is 4.87. The molecular formula is C15H22N2O5S. The molecule has 0 saturated carbocycles. The highest BCUT2D eigenvalue weighted by molar-refractivity contribution is 7.89. The van der Waals surface area contributed by atoms with E-state index in [0.29, 0.717) is 0 Å². The highest BCUT2D eigenvalue weighted by atomic mass is 32.2. The molecule has 0 aliphatic rings. The molecular weight excluding hydrogens is 320 g/mol. The Labute approximate surface area is 136 Å². The molecule has 0 aromatic heterocycles. The Morgan fingerprint density at radius 2 is 1.70 bits per heavy atom. The fourth-order valence-electron chi connectivity index (χ4n) is 1.78. The van der Waals surface area contributed by atoms with Gasteiger partial charge in [0.2, 0.25) is 10.0 Å². The van der Waals surface area contributed by atoms with E-state index in [2.05, 4.69) is 0 Å². The summed E-state index contributed by atoms with van der Waals surface area (Å²) in [5.74, 6) is -1.69. The molecule has 1 aromatic carbocycles. The van der Waals surface area contributed by atoms with E-state index in [1.807, 2.05) is 0 Å². The summed E-state index contributed by atoms with van der Waals surface area (Å²) in [6.07, 6.45) is 0. The van der Waals surface area contributed by atoms with Crippen LogP contribution in [0.3, 0.4) is 0 Å². The summed E-state index contributed by atoms with van der Waals surface area (Å²) in [5.41, 5.74) is 0.124. The second-order valence-electron chi connectivity index (χ2n) is 5.57. The lowest BCUT2D eigenvalue weighted by molar-refractivity contribution is -0.141. The number of carbonyl (C=O) groups is 2. The molecule has 0 heterocycles. The number of benzene rings is 1. The van der Waals surface area contributed by atoms with Crippen LogP contribution in [0.25, 0.3) is 0 Å². The highest BCUT2D eigenvalue weighted by Gasteiger charge is 2.26. The van der Waals surface area contributed by atoms with E-state index >= 15 is 0 Å². The smallest absolute Gasteiger partial charge is 0.326 e. The highest BCUT2D eigenvalue weighted by Crippen LogP contribution is 2.19. The summed E-state index contributed by atoms with van der Waals surface area (Å²) in [6, 6.07) is 4.36. The van der Waals surface area contributed by atoms with E-state index in [-0.39, 0.29) is 16.5 Å². The van der Waals surface area contributed by atoms with Crippen molar-refractivity contribution in [3.8, 4) is 0 Å². The van der Waals surface area contributed by atoms with Gasteiger partial charge in [-0.1, -0.05) is 6.07 Å². The van der Waals surface area contributed by atoms with Gasteiger partial charge in [0.05, 0.1) is 4.90 Å². The maximum absolute atomic E-state index is 12.5. The van der Waals surface area contributed by atoms with Crippen LogP contribution in [0.5, 0.6) is 0 Å². The zero-order valence-electron chi connectivity index (χ0n) is 13.8. The summed E-state index contributed by atoms with van der Waals surface area (Å²) < 4.78 is 26.1. The summed E-state index contributed by atoms with van der Waals surface area (Å²) >= 11 is 0. The van der Waals surface area contributed by atoms with Crippen molar-refractivity contribution in [2.24, 2.45) is 0 Å². The van der Waals surface area contributed by atoms with Crippen molar-refractivity contribution in [3.05, 3.63) is 29.8 Å². The Hall–Kier alpha value is -1.93. The first-order valence-electron chi connectivity index (χ1n) is 7.08. The number of amides is 1. The zero-order chi connectivity index (χ0) is 17.9. The molecule has 8 heteroatoms. The minimum Gasteiger partial charge on any atom is -0.480 e. The number of hydrogen-bond acceptors (Lipinski definition) is 4. The Bertz CT molecular complexity index is 700. The number of rotatable bonds is 6. The van der Waals surface area contributed by atoms with Gasteiger partial charge >= 0.3 is 5.97 Å². The van der Waals surface area contributed by atoms with E-state index in [1.165, 1.54) is 49.6 Å². The minimum absolute atomic E-state index is 0.00377. The van der Waals surface area contributed by atoms with Crippen LogP contribution in [0.4, 0.5) is 0 Å². The molecule has 23 heavy (non-hydrogen) atoms. The normalized spacial score (nSPS) is 13.2. The number of carboxylic acids is 1. The lowest BCUT2D eigenvalue weighted by Gasteiger charge is -2.23. The Morgan fingerprint density at radius 3 is 2.17 bits per heavy atom. The standard InChI is InChI=1S/C15H22N2O5S/c1-10(2)17(5)23(21,22)13-8-6-7-12(9-13)14(18)16(4)11(3)15(19)20/h6-11H,1-5H3,(H,19,20). The molecule has 0 aliphatic carbocycles. The quantitative estimate of drug-likeness (QED) is 0.840. The van der Waals surface area contributed by atoms with Crippen molar-refractivity contribution in [1.82, 2.24) is 9.21 Å². The third kappa shape index (κ3) is 4.08. The third-order valence-corrected chi connectivity index (χ3v) is 5.77. The Kier molecular flexibility index (Phi) is 5.90. The lowest BCUT2D eigenvalue weighted by atomic mass is 10.2. The SMILES string of the molecule is CC(C(=O)O)N(C)C(=O)c1cccc(S(=O)(=O)N(C)C(C)C)c1. The van der Waals surface area contributed by atoms with Gasteiger partial charge in [-0.2, -0.15) is 4.31 Å². The zero-order valence-corrected chi connectivity index (χ0v) is 14.7. The van der Waals surface area contributed by atoms with Crippen LogP contribution in [-0.2, 0) is 14.8 Å². The van der Waals surface area contributed by atoms with Gasteiger partial charge in [0, 0.05) is 25.7 Å². The van der Waals surface area contributed by atoms with E-state index in [4.69, 9.17) is 5.11 Å². The number of nitrogens with zero attached hydrogens (tertiary/aromatic N) is 2. The average molecular weight is 342 g/mol. The topological polar surface area (TPSA) is 95.0 Å². The van der Waals surface area contributed by atoms with Crippen LogP contribution in [0.2, 0.25) is 0 Å². The fraction of sp³-hybridized carbons (Fsp3) is 0.467. The second-order valence-corrected chi connectivity index (χ2v) is 7.57. The number of aliphatic carboxylic acids is 1. The molecule has 0 aliphatic heterocycles. The molecule has 1 N–H and O–H groups in total. The first kappa shape index (κ1) is 19.1. The van der Waals surface area contributed by atoms with E-state index in [0.717, 1.165) is 4.90 Å². The van der Waals surface area contributed by atoms with Crippen molar-refractivity contribution < 1.29 is 23.1 Å². The second kappa shape index (κ2) is 7.10. The van der Waals surface area contributed by atoms with Gasteiger partial charge in [0.15, 0.2) is 0 Å². The van der Waals surface area contributed by atoms with Crippen LogP contribution in [0.1, 0.15) is 31.1 Å². The van der Waals surface area contributed by atoms with Crippen molar-refractivity contribution in [2.75, 3.05) is 14.1 Å². The van der Waals surface area contributed by atoms with E-state index in [9.17, 15) is 18.0 Å². The number of hydrogen-bond donors (Lipinski definition) is 1. The fourth-order valence-corrected chi connectivity index (χ4v) is 3.19. The van der Waals surface area contributed by atoms with E-state index < -0.39 is 27.9 Å². The van der Waals surface area contributed by atoms with Crippen molar-refractivity contribution in [2.45, 2.75) is 37.8 Å². The molecule has 7 nitrogen and oxygen atoms in total. The number of sulfonamides is 1. The Balaban J connectivity index is 3.20. The summed E-state index contributed by atoms with van der Waals surface area (Å²) in [7, 11) is -0.881. The largest absolute Gasteiger partial charge is 0.480 e. The molecule has 1 atom stereocenters. The summed E-state index contributed by atoms with van der Waals surface area (Å²) in [4.78, 5) is 24.4. The van der Waals surface area contributed by atoms with Crippen molar-refractivity contribution >= 4 is 21.9 Å². The molecule has 0 spiro atoms. The average Bonchev–Trinajstić information content (AvgIpc) is 2.51. The monoisotopic (exact) mass is 342 g/mol.